The maximum Gasteiger partial charge on any atom is 0.293 e. The number of hydrogen-bond donors (Lipinski definition) is 0. The van der Waals surface area contributed by atoms with Gasteiger partial charge in [0.2, 0.25) is 0 Å². The molecule has 6 rings (SSSR count). The summed E-state index contributed by atoms with van der Waals surface area (Å²) < 4.78 is 0. The molecule has 1 aliphatic carbocycles. The van der Waals surface area contributed by atoms with E-state index in [1.807, 2.05) is 36.4 Å². The van der Waals surface area contributed by atoms with Crippen molar-refractivity contribution in [3.63, 3.8) is 0 Å². The fraction of sp³-hybridized carbons (Fsp3) is 0.192. The molecule has 2 aliphatic rings. The Balaban J connectivity index is 1.43. The summed E-state index contributed by atoms with van der Waals surface area (Å²) in [6, 6.07) is 20.0. The van der Waals surface area contributed by atoms with Crippen LogP contribution in [-0.2, 0) is 0 Å². The Kier molecular flexibility index (Phi) is 4.97. The first-order valence-corrected chi connectivity index (χ1v) is 12.6. The van der Waals surface area contributed by atoms with Gasteiger partial charge in [0.25, 0.3) is 5.91 Å². The van der Waals surface area contributed by atoms with Gasteiger partial charge in [-0.15, -0.1) is 22.7 Å². The molecule has 0 N–H and O–H groups in total. The van der Waals surface area contributed by atoms with Crippen molar-refractivity contribution in [1.82, 2.24) is 9.99 Å². The van der Waals surface area contributed by atoms with Gasteiger partial charge in [-0.1, -0.05) is 36.4 Å². The Morgan fingerprint density at radius 1 is 1.00 bits per heavy atom. The van der Waals surface area contributed by atoms with Crippen LogP contribution in [0.4, 0.5) is 0 Å². The van der Waals surface area contributed by atoms with Gasteiger partial charge in [0.05, 0.1) is 17.3 Å². The summed E-state index contributed by atoms with van der Waals surface area (Å²) in [6.45, 7) is 0. The third kappa shape index (κ3) is 3.40. The van der Waals surface area contributed by atoms with E-state index in [2.05, 4.69) is 46.1 Å². The molecule has 1 fully saturated rings. The molecule has 0 radical (unpaired) electrons. The first-order chi connectivity index (χ1) is 15.8. The fourth-order valence-electron chi connectivity index (χ4n) is 4.75. The van der Waals surface area contributed by atoms with Gasteiger partial charge >= 0.3 is 0 Å². The summed E-state index contributed by atoms with van der Waals surface area (Å²) in [5.41, 5.74) is 3.59. The van der Waals surface area contributed by atoms with E-state index < -0.39 is 0 Å². The number of benzene rings is 1. The Morgan fingerprint density at radius 2 is 1.88 bits per heavy atom. The van der Waals surface area contributed by atoms with Crippen molar-refractivity contribution >= 4 is 51.3 Å². The number of amides is 1. The minimum atomic E-state index is -0.133. The first kappa shape index (κ1) is 19.6. The van der Waals surface area contributed by atoms with Crippen molar-refractivity contribution in [2.75, 3.05) is 0 Å². The molecule has 0 unspecified atom stereocenters. The predicted molar refractivity (Wildman–Crippen MR) is 132 cm³/mol. The number of hydrazone groups is 1. The molecule has 1 amide bonds. The average Bonchev–Trinajstić information content (AvgIpc) is 3.59. The van der Waals surface area contributed by atoms with E-state index in [0.717, 1.165) is 35.9 Å². The van der Waals surface area contributed by atoms with Crippen LogP contribution in [0, 0.1) is 5.92 Å². The third-order valence-corrected chi connectivity index (χ3v) is 7.98. The van der Waals surface area contributed by atoms with Gasteiger partial charge in [-0.3, -0.25) is 4.79 Å². The molecule has 6 heteroatoms. The van der Waals surface area contributed by atoms with Gasteiger partial charge in [-0.2, -0.15) is 5.10 Å². The topological polar surface area (TPSA) is 45.6 Å². The highest BCUT2D eigenvalue weighted by atomic mass is 32.1. The molecule has 0 bridgehead atoms. The number of para-hydroxylation sites is 1. The second kappa shape index (κ2) is 8.11. The number of nitrogens with zero attached hydrogens (tertiary/aromatic N) is 3. The first-order valence-electron chi connectivity index (χ1n) is 10.8. The van der Waals surface area contributed by atoms with Crippen molar-refractivity contribution in [3.8, 4) is 0 Å². The van der Waals surface area contributed by atoms with E-state index in [9.17, 15) is 4.79 Å². The molecule has 1 aliphatic heterocycles. The fourth-order valence-corrected chi connectivity index (χ4v) is 6.31. The van der Waals surface area contributed by atoms with Crippen LogP contribution in [0.2, 0.25) is 0 Å². The molecule has 2 atom stereocenters. The molecular weight excluding hydrogens is 434 g/mol. The zero-order chi connectivity index (χ0) is 21.5. The Bertz CT molecular complexity index is 1340. The van der Waals surface area contributed by atoms with Crippen molar-refractivity contribution in [3.05, 3.63) is 92.4 Å². The second-order valence-corrected chi connectivity index (χ2v) is 10.1. The van der Waals surface area contributed by atoms with Crippen molar-refractivity contribution in [2.24, 2.45) is 11.0 Å². The molecule has 32 heavy (non-hydrogen) atoms. The smallest absolute Gasteiger partial charge is 0.265 e. The molecule has 3 aromatic heterocycles. The number of fused-ring (bicyclic) bond motifs is 2. The number of pyridine rings is 1. The number of allylic oxidation sites excluding steroid dienone is 1. The van der Waals surface area contributed by atoms with Gasteiger partial charge in [-0.05, 0) is 65.9 Å². The van der Waals surface area contributed by atoms with Gasteiger partial charge in [-0.25, -0.2) is 9.99 Å². The lowest BCUT2D eigenvalue weighted by Gasteiger charge is -2.28. The highest BCUT2D eigenvalue weighted by Crippen LogP contribution is 2.46. The zero-order valence-electron chi connectivity index (χ0n) is 17.3. The molecule has 4 aromatic rings. The van der Waals surface area contributed by atoms with Crippen LogP contribution in [0.1, 0.15) is 45.5 Å². The van der Waals surface area contributed by atoms with Crippen molar-refractivity contribution < 1.29 is 4.79 Å². The summed E-state index contributed by atoms with van der Waals surface area (Å²) >= 11 is 3.43. The Labute approximate surface area is 194 Å². The lowest BCUT2D eigenvalue weighted by Crippen LogP contribution is -2.31. The molecule has 0 saturated heterocycles. The number of aromatic nitrogens is 1. The maximum atomic E-state index is 13.7. The zero-order valence-corrected chi connectivity index (χ0v) is 19.0. The minimum Gasteiger partial charge on any atom is -0.265 e. The monoisotopic (exact) mass is 455 g/mol. The molecule has 1 aromatic carbocycles. The summed E-state index contributed by atoms with van der Waals surface area (Å²) in [5, 5.41) is 11.9. The number of thiophene rings is 2. The normalized spacial score (nSPS) is 21.7. The molecule has 0 spiro atoms. The summed E-state index contributed by atoms with van der Waals surface area (Å²) in [6.07, 6.45) is 5.40. The van der Waals surface area contributed by atoms with Crippen LogP contribution in [0.15, 0.2) is 82.1 Å². The van der Waals surface area contributed by atoms with E-state index in [0.29, 0.717) is 5.69 Å². The largest absolute Gasteiger partial charge is 0.293 e. The lowest BCUT2D eigenvalue weighted by molar-refractivity contribution is 0.0678. The summed E-state index contributed by atoms with van der Waals surface area (Å²) in [7, 11) is 0. The third-order valence-electron chi connectivity index (χ3n) is 6.22. The Morgan fingerprint density at radius 3 is 2.72 bits per heavy atom. The minimum absolute atomic E-state index is 0.0715. The van der Waals surface area contributed by atoms with E-state index >= 15 is 0 Å². The second-order valence-electron chi connectivity index (χ2n) is 8.17. The summed E-state index contributed by atoms with van der Waals surface area (Å²) in [4.78, 5) is 20.8. The van der Waals surface area contributed by atoms with Crippen LogP contribution >= 0.6 is 22.7 Å². The molecule has 4 heterocycles. The molecule has 158 valence electrons. The van der Waals surface area contributed by atoms with Gasteiger partial charge in [0.1, 0.15) is 5.69 Å². The maximum absolute atomic E-state index is 13.7. The predicted octanol–water partition coefficient (Wildman–Crippen LogP) is 6.79. The highest BCUT2D eigenvalue weighted by Gasteiger charge is 2.44. The molecule has 1 saturated carbocycles. The van der Waals surface area contributed by atoms with Gasteiger partial charge in [0.15, 0.2) is 0 Å². The number of rotatable bonds is 3. The molecular formula is C26H21N3OS2. The van der Waals surface area contributed by atoms with Crippen LogP contribution < -0.4 is 0 Å². The van der Waals surface area contributed by atoms with Gasteiger partial charge in [0, 0.05) is 21.1 Å². The van der Waals surface area contributed by atoms with Crippen LogP contribution in [-0.4, -0.2) is 21.6 Å². The lowest BCUT2D eigenvalue weighted by atomic mass is 9.79. The molecule has 4 nitrogen and oxygen atoms in total. The highest BCUT2D eigenvalue weighted by molar-refractivity contribution is 7.11. The SMILES string of the molecule is O=C(c1ccc2ccccc2n1)N1N=C2/C(=C\c3cccs3)CCC[C@@H]2[C@H]1c1cccs1. The average molecular weight is 456 g/mol. The van der Waals surface area contributed by atoms with Crippen LogP contribution in [0.3, 0.4) is 0 Å². The number of hydrogen-bond acceptors (Lipinski definition) is 5. The van der Waals surface area contributed by atoms with Crippen LogP contribution in [0.5, 0.6) is 0 Å². The van der Waals surface area contributed by atoms with Gasteiger partial charge < -0.3 is 0 Å². The number of carbonyl (C=O) groups is 1. The van der Waals surface area contributed by atoms with E-state index in [1.165, 1.54) is 15.3 Å². The van der Waals surface area contributed by atoms with Crippen LogP contribution in [0.25, 0.3) is 17.0 Å². The quantitative estimate of drug-likeness (QED) is 0.341. The van der Waals surface area contributed by atoms with E-state index in [4.69, 9.17) is 5.10 Å². The van der Waals surface area contributed by atoms with E-state index in [1.54, 1.807) is 27.7 Å². The number of carbonyl (C=O) groups excluding carboxylic acids is 1. The van der Waals surface area contributed by atoms with Crippen molar-refractivity contribution in [1.29, 1.82) is 0 Å². The van der Waals surface area contributed by atoms with Crippen molar-refractivity contribution in [2.45, 2.75) is 25.3 Å². The summed E-state index contributed by atoms with van der Waals surface area (Å²) in [5.74, 6) is 0.0875. The Hall–Kier alpha value is -3.09. The van der Waals surface area contributed by atoms with E-state index in [-0.39, 0.29) is 17.9 Å². The standard InChI is InChI=1S/C26H21N3OS2/c30-26(22-13-12-17-6-1-2-10-21(17)27-22)29-25(23-11-5-15-32-23)20-9-3-7-18(24(20)28-29)16-19-8-4-14-31-19/h1-2,4-6,8,10-16,20,25H,3,7,9H2/b18-16-/t20-,25-/m0/s1.